The molecule has 1 rings (SSSR count). The van der Waals surface area contributed by atoms with Crippen LogP contribution in [0, 0.1) is 0 Å². The molecular formula is C10H14F3N3OS. The molecule has 2 N–H and O–H groups in total. The molecule has 1 aromatic heterocycles. The highest BCUT2D eigenvalue weighted by atomic mass is 32.1. The van der Waals surface area contributed by atoms with Crippen molar-refractivity contribution < 1.29 is 18.0 Å². The molecule has 0 bridgehead atoms. The van der Waals surface area contributed by atoms with Crippen LogP contribution in [0.1, 0.15) is 28.8 Å². The number of carbonyl (C=O) groups is 1. The average Bonchev–Trinajstić information content (AvgIpc) is 2.74. The topological polar surface area (TPSA) is 59.2 Å². The quantitative estimate of drug-likeness (QED) is 0.898. The zero-order valence-electron chi connectivity index (χ0n) is 9.83. The number of halogens is 3. The van der Waals surface area contributed by atoms with Crippen molar-refractivity contribution in [2.45, 2.75) is 26.1 Å². The Balaban J connectivity index is 2.81. The number of nitrogens with two attached hydrogens (primary N) is 1. The fourth-order valence-corrected chi connectivity index (χ4v) is 2.05. The highest BCUT2D eigenvalue weighted by molar-refractivity contribution is 7.09. The first-order valence-corrected chi connectivity index (χ1v) is 6.25. The maximum Gasteiger partial charge on any atom is 0.406 e. The molecule has 1 heterocycles. The molecule has 1 amide bonds. The van der Waals surface area contributed by atoms with Crippen molar-refractivity contribution in [1.29, 1.82) is 0 Å². The summed E-state index contributed by atoms with van der Waals surface area (Å²) in [5.74, 6) is -0.704. The molecule has 0 aliphatic heterocycles. The fraction of sp³-hybridized carbons (Fsp3) is 0.600. The second-order valence-electron chi connectivity index (χ2n) is 3.67. The number of hydrogen-bond donors (Lipinski definition) is 1. The van der Waals surface area contributed by atoms with E-state index >= 15 is 0 Å². The van der Waals surface area contributed by atoms with Gasteiger partial charge in [0.15, 0.2) is 0 Å². The number of rotatable bonds is 5. The van der Waals surface area contributed by atoms with Crippen molar-refractivity contribution in [1.82, 2.24) is 9.88 Å². The van der Waals surface area contributed by atoms with Crippen LogP contribution in [-0.2, 0) is 6.54 Å². The van der Waals surface area contributed by atoms with Gasteiger partial charge in [0.1, 0.15) is 17.2 Å². The molecule has 0 spiro atoms. The number of amides is 1. The summed E-state index contributed by atoms with van der Waals surface area (Å²) in [7, 11) is 0. The van der Waals surface area contributed by atoms with Gasteiger partial charge in [0.2, 0.25) is 0 Å². The third kappa shape index (κ3) is 4.26. The molecule has 0 aliphatic carbocycles. The summed E-state index contributed by atoms with van der Waals surface area (Å²) in [6.07, 6.45) is -3.95. The van der Waals surface area contributed by atoms with Crippen molar-refractivity contribution >= 4 is 17.2 Å². The summed E-state index contributed by atoms with van der Waals surface area (Å²) in [6, 6.07) is 0. The molecule has 8 heteroatoms. The van der Waals surface area contributed by atoms with Crippen LogP contribution in [0.5, 0.6) is 0 Å². The van der Waals surface area contributed by atoms with Crippen molar-refractivity contribution in [3.05, 3.63) is 16.1 Å². The Morgan fingerprint density at radius 1 is 1.56 bits per heavy atom. The molecule has 0 fully saturated rings. The SMILES string of the molecule is CCCN(CC(F)(F)F)C(=O)c1csc(CN)n1. The van der Waals surface area contributed by atoms with Gasteiger partial charge in [0.05, 0.1) is 0 Å². The standard InChI is InChI=1S/C10H14F3N3OS/c1-2-3-16(6-10(11,12)13)9(17)7-5-18-8(4-14)15-7/h5H,2-4,6,14H2,1H3. The minimum Gasteiger partial charge on any atom is -0.328 e. The zero-order valence-corrected chi connectivity index (χ0v) is 10.6. The lowest BCUT2D eigenvalue weighted by molar-refractivity contribution is -0.140. The first kappa shape index (κ1) is 14.9. The van der Waals surface area contributed by atoms with Crippen molar-refractivity contribution in [3.8, 4) is 0 Å². The molecule has 0 radical (unpaired) electrons. The van der Waals surface area contributed by atoms with E-state index in [0.29, 0.717) is 11.4 Å². The van der Waals surface area contributed by atoms with Crippen LogP contribution in [0.15, 0.2) is 5.38 Å². The highest BCUT2D eigenvalue weighted by Crippen LogP contribution is 2.19. The predicted molar refractivity (Wildman–Crippen MR) is 62.3 cm³/mol. The maximum atomic E-state index is 12.3. The van der Waals surface area contributed by atoms with Gasteiger partial charge in [-0.1, -0.05) is 6.92 Å². The number of thiazole rings is 1. The van der Waals surface area contributed by atoms with E-state index in [1.54, 1.807) is 6.92 Å². The van der Waals surface area contributed by atoms with E-state index in [-0.39, 0.29) is 18.8 Å². The van der Waals surface area contributed by atoms with E-state index in [0.717, 1.165) is 4.90 Å². The Labute approximate surface area is 107 Å². The molecule has 102 valence electrons. The van der Waals surface area contributed by atoms with Gasteiger partial charge in [0, 0.05) is 18.5 Å². The fourth-order valence-electron chi connectivity index (χ4n) is 1.40. The molecule has 0 saturated heterocycles. The van der Waals surface area contributed by atoms with Gasteiger partial charge in [0.25, 0.3) is 5.91 Å². The Morgan fingerprint density at radius 3 is 2.67 bits per heavy atom. The van der Waals surface area contributed by atoms with Crippen molar-refractivity contribution in [3.63, 3.8) is 0 Å². The minimum atomic E-state index is -4.41. The molecule has 4 nitrogen and oxygen atoms in total. The summed E-state index contributed by atoms with van der Waals surface area (Å²) in [5.41, 5.74) is 5.37. The van der Waals surface area contributed by atoms with E-state index in [1.165, 1.54) is 16.7 Å². The summed E-state index contributed by atoms with van der Waals surface area (Å²) >= 11 is 1.17. The minimum absolute atomic E-state index is 0.0261. The summed E-state index contributed by atoms with van der Waals surface area (Å²) in [5, 5.41) is 1.96. The van der Waals surface area contributed by atoms with Crippen LogP contribution in [0.3, 0.4) is 0 Å². The first-order valence-electron chi connectivity index (χ1n) is 5.38. The Morgan fingerprint density at radius 2 is 2.22 bits per heavy atom. The van der Waals surface area contributed by atoms with E-state index < -0.39 is 18.6 Å². The van der Waals surface area contributed by atoms with Crippen molar-refractivity contribution in [2.24, 2.45) is 5.73 Å². The van der Waals surface area contributed by atoms with Gasteiger partial charge >= 0.3 is 6.18 Å². The van der Waals surface area contributed by atoms with Crippen molar-refractivity contribution in [2.75, 3.05) is 13.1 Å². The summed E-state index contributed by atoms with van der Waals surface area (Å²) < 4.78 is 37.0. The third-order valence-corrected chi connectivity index (χ3v) is 2.97. The smallest absolute Gasteiger partial charge is 0.328 e. The van der Waals surface area contributed by atoms with Gasteiger partial charge in [-0.05, 0) is 6.42 Å². The third-order valence-electron chi connectivity index (χ3n) is 2.10. The first-order chi connectivity index (χ1) is 8.37. The lowest BCUT2D eigenvalue weighted by atomic mass is 10.3. The lowest BCUT2D eigenvalue weighted by Gasteiger charge is -2.22. The number of nitrogens with zero attached hydrogens (tertiary/aromatic N) is 2. The number of hydrogen-bond acceptors (Lipinski definition) is 4. The number of aromatic nitrogens is 1. The average molecular weight is 281 g/mol. The van der Waals surface area contributed by atoms with E-state index in [4.69, 9.17) is 5.73 Å². The van der Waals surface area contributed by atoms with E-state index in [9.17, 15) is 18.0 Å². The van der Waals surface area contributed by atoms with Crippen LogP contribution >= 0.6 is 11.3 Å². The molecule has 0 saturated carbocycles. The summed E-state index contributed by atoms with van der Waals surface area (Å²) in [6.45, 7) is 0.678. The molecule has 0 aromatic carbocycles. The Hall–Kier alpha value is -1.15. The molecular weight excluding hydrogens is 267 g/mol. The second kappa shape index (κ2) is 6.14. The maximum absolute atomic E-state index is 12.3. The predicted octanol–water partition coefficient (Wildman–Crippen LogP) is 2.02. The second-order valence-corrected chi connectivity index (χ2v) is 4.62. The normalized spacial score (nSPS) is 11.6. The molecule has 0 atom stereocenters. The van der Waals surface area contributed by atoms with Crippen LogP contribution in [0.25, 0.3) is 0 Å². The van der Waals surface area contributed by atoms with E-state index in [2.05, 4.69) is 4.98 Å². The lowest BCUT2D eigenvalue weighted by Crippen LogP contribution is -2.39. The Kier molecular flexibility index (Phi) is 5.09. The molecule has 18 heavy (non-hydrogen) atoms. The number of alkyl halides is 3. The van der Waals surface area contributed by atoms with Gasteiger partial charge in [-0.15, -0.1) is 11.3 Å². The molecule has 0 unspecified atom stereocenters. The van der Waals surface area contributed by atoms with Crippen LogP contribution in [0.2, 0.25) is 0 Å². The van der Waals surface area contributed by atoms with E-state index in [1.807, 2.05) is 0 Å². The molecule has 1 aromatic rings. The summed E-state index contributed by atoms with van der Waals surface area (Å²) in [4.78, 5) is 16.5. The monoisotopic (exact) mass is 281 g/mol. The van der Waals surface area contributed by atoms with Crippen LogP contribution in [0.4, 0.5) is 13.2 Å². The molecule has 0 aliphatic rings. The van der Waals surface area contributed by atoms with Gasteiger partial charge in [-0.2, -0.15) is 13.2 Å². The Bertz CT molecular complexity index is 405. The highest BCUT2D eigenvalue weighted by Gasteiger charge is 2.33. The largest absolute Gasteiger partial charge is 0.406 e. The van der Waals surface area contributed by atoms with Crippen LogP contribution < -0.4 is 5.73 Å². The van der Waals surface area contributed by atoms with Crippen LogP contribution in [-0.4, -0.2) is 35.1 Å². The van der Waals surface area contributed by atoms with Gasteiger partial charge in [-0.25, -0.2) is 4.98 Å². The van der Waals surface area contributed by atoms with Gasteiger partial charge < -0.3 is 10.6 Å². The van der Waals surface area contributed by atoms with Gasteiger partial charge in [-0.3, -0.25) is 4.79 Å². The zero-order chi connectivity index (χ0) is 13.8. The number of carbonyl (C=O) groups excluding carboxylic acids is 1.